The first kappa shape index (κ1) is 18.4. The maximum absolute atomic E-state index is 14.9. The van der Waals surface area contributed by atoms with Crippen LogP contribution in [0, 0.1) is 5.82 Å². The van der Waals surface area contributed by atoms with E-state index in [0.717, 1.165) is 25.7 Å². The average Bonchev–Trinajstić information content (AvgIpc) is 2.69. The zero-order valence-corrected chi connectivity index (χ0v) is 15.9. The van der Waals surface area contributed by atoms with Crippen LogP contribution in [0.15, 0.2) is 29.2 Å². The topological polar surface area (TPSA) is 75.4 Å². The summed E-state index contributed by atoms with van der Waals surface area (Å²) in [6.45, 7) is 0. The SMILES string of the molecule is CN(c1cc2nc3c(cc2cc1F)c(=O)c(C(=O)O)cn3C)C1CCCCC1. The Morgan fingerprint density at radius 2 is 1.96 bits per heavy atom. The van der Waals surface area contributed by atoms with Gasteiger partial charge in [-0.25, -0.2) is 14.2 Å². The number of pyridine rings is 2. The third kappa shape index (κ3) is 3.00. The van der Waals surface area contributed by atoms with Crippen LogP contribution in [-0.2, 0) is 7.05 Å². The molecule has 0 saturated heterocycles. The summed E-state index contributed by atoms with van der Waals surface area (Å²) in [5.74, 6) is -1.66. The minimum absolute atomic E-state index is 0.169. The van der Waals surface area contributed by atoms with E-state index in [4.69, 9.17) is 0 Å². The summed E-state index contributed by atoms with van der Waals surface area (Å²) in [6.07, 6.45) is 6.90. The van der Waals surface area contributed by atoms with Gasteiger partial charge in [0.25, 0.3) is 0 Å². The van der Waals surface area contributed by atoms with Gasteiger partial charge in [0.1, 0.15) is 17.0 Å². The minimum Gasteiger partial charge on any atom is -0.477 e. The van der Waals surface area contributed by atoms with Crippen molar-refractivity contribution < 1.29 is 14.3 Å². The van der Waals surface area contributed by atoms with Crippen molar-refractivity contribution in [3.05, 3.63) is 46.0 Å². The molecule has 3 aromatic rings. The van der Waals surface area contributed by atoms with Gasteiger partial charge in [0.2, 0.25) is 5.43 Å². The molecule has 4 rings (SSSR count). The smallest absolute Gasteiger partial charge is 0.341 e. The van der Waals surface area contributed by atoms with Crippen molar-refractivity contribution in [3.8, 4) is 0 Å². The lowest BCUT2D eigenvalue weighted by Crippen LogP contribution is -2.33. The predicted molar refractivity (Wildman–Crippen MR) is 107 cm³/mol. The number of anilines is 1. The summed E-state index contributed by atoms with van der Waals surface area (Å²) in [5, 5.41) is 9.88. The van der Waals surface area contributed by atoms with Crippen LogP contribution in [0.5, 0.6) is 0 Å². The van der Waals surface area contributed by atoms with Gasteiger partial charge in [-0.15, -0.1) is 0 Å². The number of hydrogen-bond acceptors (Lipinski definition) is 4. The molecule has 1 fully saturated rings. The number of nitrogens with zero attached hydrogens (tertiary/aromatic N) is 3. The minimum atomic E-state index is -1.29. The van der Waals surface area contributed by atoms with Crippen molar-refractivity contribution >= 4 is 33.6 Å². The van der Waals surface area contributed by atoms with Crippen molar-refractivity contribution in [1.82, 2.24) is 9.55 Å². The van der Waals surface area contributed by atoms with Gasteiger partial charge >= 0.3 is 5.97 Å². The van der Waals surface area contributed by atoms with Gasteiger partial charge in [-0.1, -0.05) is 19.3 Å². The number of carbonyl (C=O) groups is 1. The van der Waals surface area contributed by atoms with Crippen molar-refractivity contribution in [1.29, 1.82) is 0 Å². The first-order valence-electron chi connectivity index (χ1n) is 9.46. The molecular formula is C21H22FN3O3. The van der Waals surface area contributed by atoms with Crippen molar-refractivity contribution in [2.75, 3.05) is 11.9 Å². The Hall–Kier alpha value is -2.96. The van der Waals surface area contributed by atoms with Gasteiger partial charge in [0.15, 0.2) is 0 Å². The Kier molecular flexibility index (Phi) is 4.53. The highest BCUT2D eigenvalue weighted by Crippen LogP contribution is 2.31. The quantitative estimate of drug-likeness (QED) is 0.698. The Balaban J connectivity index is 1.89. The summed E-state index contributed by atoms with van der Waals surface area (Å²) < 4.78 is 16.4. The van der Waals surface area contributed by atoms with E-state index in [2.05, 4.69) is 4.98 Å². The highest BCUT2D eigenvalue weighted by molar-refractivity contribution is 5.96. The number of rotatable bonds is 3. The average molecular weight is 383 g/mol. The molecule has 1 aromatic carbocycles. The number of carboxylic acids is 1. The van der Waals surface area contributed by atoms with Crippen LogP contribution < -0.4 is 10.3 Å². The van der Waals surface area contributed by atoms with Gasteiger partial charge in [-0.05, 0) is 31.0 Å². The fourth-order valence-electron chi connectivity index (χ4n) is 4.16. The molecule has 0 bridgehead atoms. The third-order valence-electron chi connectivity index (χ3n) is 5.74. The number of aromatic nitrogens is 2. The van der Waals surface area contributed by atoms with E-state index >= 15 is 0 Å². The van der Waals surface area contributed by atoms with Gasteiger partial charge < -0.3 is 14.6 Å². The summed E-state index contributed by atoms with van der Waals surface area (Å²) in [6, 6.07) is 4.93. The number of benzene rings is 1. The molecule has 1 aliphatic carbocycles. The Morgan fingerprint density at radius 1 is 1.25 bits per heavy atom. The Labute approximate surface area is 161 Å². The molecule has 0 spiro atoms. The number of halogens is 1. The fourth-order valence-corrected chi connectivity index (χ4v) is 4.16. The van der Waals surface area contributed by atoms with Crippen LogP contribution in [0.4, 0.5) is 10.1 Å². The molecule has 1 aliphatic rings. The van der Waals surface area contributed by atoms with E-state index in [-0.39, 0.29) is 16.8 Å². The fraction of sp³-hybridized carbons (Fsp3) is 0.381. The van der Waals surface area contributed by atoms with Crippen molar-refractivity contribution in [3.63, 3.8) is 0 Å². The second-order valence-electron chi connectivity index (χ2n) is 7.55. The Bertz CT molecular complexity index is 1150. The molecule has 6 nitrogen and oxygen atoms in total. The highest BCUT2D eigenvalue weighted by atomic mass is 19.1. The van der Waals surface area contributed by atoms with Gasteiger partial charge in [-0.3, -0.25) is 4.79 Å². The van der Waals surface area contributed by atoms with Crippen LogP contribution in [0.3, 0.4) is 0 Å². The molecule has 0 unspecified atom stereocenters. The molecule has 7 heteroatoms. The second kappa shape index (κ2) is 6.89. The summed E-state index contributed by atoms with van der Waals surface area (Å²) >= 11 is 0. The number of carboxylic acid groups (broad SMARTS) is 1. The number of fused-ring (bicyclic) bond motifs is 2. The normalized spacial score (nSPS) is 15.2. The van der Waals surface area contributed by atoms with Crippen LogP contribution in [0.2, 0.25) is 0 Å². The molecule has 0 aliphatic heterocycles. The molecule has 1 saturated carbocycles. The molecule has 28 heavy (non-hydrogen) atoms. The van der Waals surface area contributed by atoms with Gasteiger partial charge in [0, 0.05) is 31.7 Å². The first-order chi connectivity index (χ1) is 13.4. The van der Waals surface area contributed by atoms with Gasteiger partial charge in [0.05, 0.1) is 16.6 Å². The van der Waals surface area contributed by atoms with Crippen molar-refractivity contribution in [2.24, 2.45) is 7.05 Å². The van der Waals surface area contributed by atoms with Crippen LogP contribution >= 0.6 is 0 Å². The molecule has 0 amide bonds. The lowest BCUT2D eigenvalue weighted by molar-refractivity contribution is 0.0695. The second-order valence-corrected chi connectivity index (χ2v) is 7.55. The summed E-state index contributed by atoms with van der Waals surface area (Å²) in [5.41, 5.74) is 0.507. The molecular weight excluding hydrogens is 361 g/mol. The van der Waals surface area contributed by atoms with Crippen LogP contribution in [0.25, 0.3) is 21.9 Å². The Morgan fingerprint density at radius 3 is 2.64 bits per heavy atom. The number of hydrogen-bond donors (Lipinski definition) is 1. The van der Waals surface area contributed by atoms with Crippen LogP contribution in [0.1, 0.15) is 42.5 Å². The lowest BCUT2D eigenvalue weighted by Gasteiger charge is -2.33. The summed E-state index contributed by atoms with van der Waals surface area (Å²) in [4.78, 5) is 30.3. The monoisotopic (exact) mass is 383 g/mol. The maximum Gasteiger partial charge on any atom is 0.341 e. The van der Waals surface area contributed by atoms with E-state index in [1.165, 1.54) is 29.3 Å². The van der Waals surface area contributed by atoms with Crippen molar-refractivity contribution in [2.45, 2.75) is 38.1 Å². The van der Waals surface area contributed by atoms with E-state index in [9.17, 15) is 19.1 Å². The molecule has 1 N–H and O–H groups in total. The first-order valence-corrected chi connectivity index (χ1v) is 9.46. The van der Waals surface area contributed by atoms with Gasteiger partial charge in [-0.2, -0.15) is 0 Å². The predicted octanol–water partition coefficient (Wildman–Crippen LogP) is 3.69. The number of aryl methyl sites for hydroxylation is 1. The zero-order chi connectivity index (χ0) is 20.0. The van der Waals surface area contributed by atoms with Crippen LogP contribution in [-0.4, -0.2) is 33.7 Å². The zero-order valence-electron chi connectivity index (χ0n) is 15.9. The van der Waals surface area contributed by atoms with E-state index < -0.39 is 11.4 Å². The lowest BCUT2D eigenvalue weighted by atomic mass is 9.94. The standard InChI is InChI=1S/C21H22FN3O3/c1-24-11-15(21(27)28)19(26)14-8-12-9-16(22)18(10-17(12)23-20(14)24)25(2)13-6-4-3-5-7-13/h8-11,13H,3-7H2,1-2H3,(H,27,28). The summed E-state index contributed by atoms with van der Waals surface area (Å²) in [7, 11) is 3.56. The highest BCUT2D eigenvalue weighted by Gasteiger charge is 2.22. The third-order valence-corrected chi connectivity index (χ3v) is 5.74. The molecule has 2 heterocycles. The van der Waals surface area contributed by atoms with E-state index in [1.807, 2.05) is 11.9 Å². The number of aromatic carboxylic acids is 1. The molecule has 2 aromatic heterocycles. The largest absolute Gasteiger partial charge is 0.477 e. The molecule has 146 valence electrons. The molecule has 0 atom stereocenters. The van der Waals surface area contributed by atoms with E-state index in [1.54, 1.807) is 13.1 Å². The molecule has 0 radical (unpaired) electrons. The maximum atomic E-state index is 14.9. The van der Waals surface area contributed by atoms with E-state index in [0.29, 0.717) is 28.3 Å².